The van der Waals surface area contributed by atoms with Gasteiger partial charge in [-0.1, -0.05) is 0 Å². The van der Waals surface area contributed by atoms with Gasteiger partial charge >= 0.3 is 0 Å². The zero-order chi connectivity index (χ0) is 15.5. The lowest BCUT2D eigenvalue weighted by atomic mass is 10.4. The summed E-state index contributed by atoms with van der Waals surface area (Å²) in [5.74, 6) is -0.630. The average molecular weight is 295 g/mol. The molecule has 0 saturated carbocycles. The maximum Gasteiger partial charge on any atom is 0.282 e. The van der Waals surface area contributed by atoms with E-state index in [0.29, 0.717) is 30.2 Å². The number of aliphatic hydroxyl groups is 1. The normalized spacial score (nSPS) is 12.0. The lowest BCUT2D eigenvalue weighted by Gasteiger charge is -2.32. The van der Waals surface area contributed by atoms with Gasteiger partial charge < -0.3 is 19.5 Å². The van der Waals surface area contributed by atoms with Crippen molar-refractivity contribution in [3.05, 3.63) is 12.7 Å². The number of ether oxygens (including phenoxy) is 2. The van der Waals surface area contributed by atoms with Gasteiger partial charge in [0.2, 0.25) is 0 Å². The van der Waals surface area contributed by atoms with Crippen LogP contribution in [0.1, 0.15) is 13.8 Å². The number of anilines is 1. The molecule has 1 N–H and O–H groups in total. The van der Waals surface area contributed by atoms with Gasteiger partial charge in [0, 0.05) is 27.3 Å². The highest BCUT2D eigenvalue weighted by Crippen LogP contribution is 2.27. The molecule has 21 heavy (non-hydrogen) atoms. The summed E-state index contributed by atoms with van der Waals surface area (Å²) in [4.78, 5) is 14.7. The molecule has 0 saturated heterocycles. The number of imidazole rings is 1. The first-order chi connectivity index (χ1) is 10.1. The van der Waals surface area contributed by atoms with E-state index in [4.69, 9.17) is 9.47 Å². The highest BCUT2D eigenvalue weighted by Gasteiger charge is 2.35. The summed E-state index contributed by atoms with van der Waals surface area (Å²) >= 11 is 0. The van der Waals surface area contributed by atoms with Crippen LogP contribution < -0.4 is 4.90 Å². The van der Waals surface area contributed by atoms with Crippen molar-refractivity contribution in [3.8, 4) is 0 Å². The smallest absolute Gasteiger partial charge is 0.282 e. The van der Waals surface area contributed by atoms with Gasteiger partial charge in [0.1, 0.15) is 19.3 Å². The monoisotopic (exact) mass is 295 g/mol. The summed E-state index contributed by atoms with van der Waals surface area (Å²) in [6.07, 6.45) is 3.00. The molecule has 2 aromatic heterocycles. The van der Waals surface area contributed by atoms with Crippen molar-refractivity contribution in [2.75, 3.05) is 38.8 Å². The maximum atomic E-state index is 9.80. The van der Waals surface area contributed by atoms with Crippen LogP contribution >= 0.6 is 0 Å². The molecule has 8 nitrogen and oxygen atoms in total. The molecule has 2 heterocycles. The van der Waals surface area contributed by atoms with Gasteiger partial charge in [-0.05, 0) is 13.8 Å². The Bertz CT molecular complexity index is 593. The van der Waals surface area contributed by atoms with Gasteiger partial charge in [-0.15, -0.1) is 0 Å². The zero-order valence-corrected chi connectivity index (χ0v) is 12.8. The summed E-state index contributed by atoms with van der Waals surface area (Å²) < 4.78 is 12.9. The van der Waals surface area contributed by atoms with Crippen molar-refractivity contribution in [2.45, 2.75) is 19.8 Å². The molecular weight excluding hydrogens is 274 g/mol. The lowest BCUT2D eigenvalue weighted by molar-refractivity contribution is -0.305. The third-order valence-electron chi connectivity index (χ3n) is 3.04. The van der Waals surface area contributed by atoms with E-state index < -0.39 is 5.91 Å². The highest BCUT2D eigenvalue weighted by molar-refractivity contribution is 5.83. The van der Waals surface area contributed by atoms with Gasteiger partial charge in [-0.2, -0.15) is 0 Å². The Morgan fingerprint density at radius 2 is 1.86 bits per heavy atom. The molecule has 0 aliphatic rings. The zero-order valence-electron chi connectivity index (χ0n) is 12.8. The van der Waals surface area contributed by atoms with E-state index in [1.54, 1.807) is 10.9 Å². The Labute approximate surface area is 123 Å². The van der Waals surface area contributed by atoms with Crippen LogP contribution in [0.15, 0.2) is 12.7 Å². The molecule has 8 heteroatoms. The lowest BCUT2D eigenvalue weighted by Crippen LogP contribution is -2.43. The van der Waals surface area contributed by atoms with E-state index >= 15 is 0 Å². The van der Waals surface area contributed by atoms with E-state index in [1.807, 2.05) is 32.8 Å². The number of aromatic nitrogens is 4. The predicted octanol–water partition coefficient (Wildman–Crippen LogP) is 0.568. The summed E-state index contributed by atoms with van der Waals surface area (Å²) in [7, 11) is 3.76. The second-order valence-electron chi connectivity index (χ2n) is 4.62. The molecule has 0 unspecified atom stereocenters. The number of aliphatic hydroxyl groups excluding tert-OH is 1. The van der Waals surface area contributed by atoms with E-state index in [2.05, 4.69) is 15.0 Å². The first-order valence-corrected chi connectivity index (χ1v) is 6.84. The fourth-order valence-electron chi connectivity index (χ4n) is 2.20. The SMILES string of the molecule is CCOC(CO)(OCC)n1cnc2c(N(C)C)ncnc21. The van der Waals surface area contributed by atoms with Crippen molar-refractivity contribution in [1.29, 1.82) is 0 Å². The molecule has 0 amide bonds. The standard InChI is InChI=1S/C13H21N5O3/c1-5-20-13(7-19,21-6-2)18-9-16-10-11(17(3)4)14-8-15-12(10)18/h8-9,19H,5-7H2,1-4H3. The van der Waals surface area contributed by atoms with Crippen molar-refractivity contribution >= 4 is 17.0 Å². The van der Waals surface area contributed by atoms with Crippen molar-refractivity contribution < 1.29 is 14.6 Å². The van der Waals surface area contributed by atoms with Gasteiger partial charge in [0.15, 0.2) is 17.0 Å². The second-order valence-corrected chi connectivity index (χ2v) is 4.62. The molecular formula is C13H21N5O3. The minimum Gasteiger partial charge on any atom is -0.389 e. The number of hydrogen-bond donors (Lipinski definition) is 1. The van der Waals surface area contributed by atoms with Gasteiger partial charge in [-0.3, -0.25) is 4.57 Å². The predicted molar refractivity (Wildman–Crippen MR) is 78.0 cm³/mol. The fourth-order valence-corrected chi connectivity index (χ4v) is 2.20. The largest absolute Gasteiger partial charge is 0.389 e. The molecule has 116 valence electrons. The molecule has 0 fully saturated rings. The van der Waals surface area contributed by atoms with E-state index in [1.165, 1.54) is 6.33 Å². The third-order valence-corrected chi connectivity index (χ3v) is 3.04. The van der Waals surface area contributed by atoms with Crippen molar-refractivity contribution in [1.82, 2.24) is 19.5 Å². The van der Waals surface area contributed by atoms with Gasteiger partial charge in [-0.25, -0.2) is 15.0 Å². The quantitative estimate of drug-likeness (QED) is 0.747. The molecule has 0 radical (unpaired) electrons. The van der Waals surface area contributed by atoms with Crippen LogP contribution in [0.2, 0.25) is 0 Å². The Balaban J connectivity index is 2.61. The maximum absolute atomic E-state index is 9.80. The molecule has 0 aromatic carbocycles. The number of nitrogens with zero attached hydrogens (tertiary/aromatic N) is 5. The van der Waals surface area contributed by atoms with Gasteiger partial charge in [0.05, 0.1) is 0 Å². The number of fused-ring (bicyclic) bond motifs is 1. The van der Waals surface area contributed by atoms with Crippen LogP contribution in [0, 0.1) is 0 Å². The molecule has 0 aliphatic heterocycles. The van der Waals surface area contributed by atoms with E-state index in [-0.39, 0.29) is 6.61 Å². The highest BCUT2D eigenvalue weighted by atomic mass is 16.7. The minimum atomic E-state index is -1.32. The molecule has 0 bridgehead atoms. The first kappa shape index (κ1) is 15.6. The average Bonchev–Trinajstić information content (AvgIpc) is 2.91. The molecule has 2 aromatic rings. The van der Waals surface area contributed by atoms with E-state index in [0.717, 1.165) is 0 Å². The Morgan fingerprint density at radius 1 is 1.19 bits per heavy atom. The van der Waals surface area contributed by atoms with Crippen molar-refractivity contribution in [2.24, 2.45) is 0 Å². The Kier molecular flexibility index (Phi) is 4.71. The molecule has 0 spiro atoms. The van der Waals surface area contributed by atoms with E-state index in [9.17, 15) is 5.11 Å². The Morgan fingerprint density at radius 3 is 2.38 bits per heavy atom. The molecule has 0 atom stereocenters. The summed E-state index contributed by atoms with van der Waals surface area (Å²) in [5.41, 5.74) is 1.17. The Hall–Kier alpha value is -1.77. The van der Waals surface area contributed by atoms with Gasteiger partial charge in [0.25, 0.3) is 5.91 Å². The topological polar surface area (TPSA) is 85.5 Å². The van der Waals surface area contributed by atoms with Crippen LogP contribution in [0.4, 0.5) is 5.82 Å². The van der Waals surface area contributed by atoms with Crippen LogP contribution in [-0.4, -0.2) is 58.5 Å². The summed E-state index contributed by atoms with van der Waals surface area (Å²) in [6.45, 7) is 4.09. The third kappa shape index (κ3) is 2.69. The van der Waals surface area contributed by atoms with Crippen LogP contribution in [0.3, 0.4) is 0 Å². The van der Waals surface area contributed by atoms with Crippen LogP contribution in [-0.2, 0) is 15.4 Å². The number of rotatable bonds is 7. The molecule has 2 rings (SSSR count). The molecule has 0 aliphatic carbocycles. The fraction of sp³-hybridized carbons (Fsp3) is 0.615. The van der Waals surface area contributed by atoms with Crippen LogP contribution in [0.25, 0.3) is 11.2 Å². The second kappa shape index (κ2) is 6.33. The first-order valence-electron chi connectivity index (χ1n) is 6.84. The van der Waals surface area contributed by atoms with Crippen LogP contribution in [0.5, 0.6) is 0 Å². The van der Waals surface area contributed by atoms with Crippen molar-refractivity contribution in [3.63, 3.8) is 0 Å². The summed E-state index contributed by atoms with van der Waals surface area (Å²) in [6, 6.07) is 0. The number of hydrogen-bond acceptors (Lipinski definition) is 7. The minimum absolute atomic E-state index is 0.346. The summed E-state index contributed by atoms with van der Waals surface area (Å²) in [5, 5.41) is 9.80.